The Bertz CT molecular complexity index is 535. The maximum absolute atomic E-state index is 12.9. The topological polar surface area (TPSA) is 41.6 Å². The largest absolute Gasteiger partial charge is 0.497 e. The number of nitrogens with one attached hydrogen (secondary N) is 1. The summed E-state index contributed by atoms with van der Waals surface area (Å²) < 4.78 is 6.06. The monoisotopic (exact) mass is 338 g/mol. The number of nitrogens with zero attached hydrogens (tertiary/aromatic N) is 1. The summed E-state index contributed by atoms with van der Waals surface area (Å²) in [5.74, 6) is 1.40. The van der Waals surface area contributed by atoms with Gasteiger partial charge in [0, 0.05) is 29.6 Å². The summed E-state index contributed by atoms with van der Waals surface area (Å²) in [6.07, 6.45) is 1.09. The highest BCUT2D eigenvalue weighted by molar-refractivity contribution is 9.10. The third kappa shape index (κ3) is 2.23. The van der Waals surface area contributed by atoms with E-state index in [1.165, 1.54) is 0 Å². The average Bonchev–Trinajstić information content (AvgIpc) is 2.98. The molecule has 3 atom stereocenters. The van der Waals surface area contributed by atoms with Gasteiger partial charge in [-0.3, -0.25) is 4.79 Å². The van der Waals surface area contributed by atoms with E-state index in [9.17, 15) is 4.79 Å². The molecule has 1 amide bonds. The van der Waals surface area contributed by atoms with E-state index in [4.69, 9.17) is 4.74 Å². The maximum Gasteiger partial charge on any atom is 0.255 e. The average molecular weight is 339 g/mol. The Labute approximate surface area is 127 Å². The second kappa shape index (κ2) is 5.37. The number of hydrogen-bond donors (Lipinski definition) is 1. The zero-order chi connectivity index (χ0) is 14.3. The molecule has 0 saturated carbocycles. The van der Waals surface area contributed by atoms with Gasteiger partial charge in [-0.25, -0.2) is 0 Å². The molecular weight excluding hydrogens is 320 g/mol. The molecule has 108 valence electrons. The minimum Gasteiger partial charge on any atom is -0.497 e. The quantitative estimate of drug-likeness (QED) is 0.899. The first-order valence-electron chi connectivity index (χ1n) is 6.98. The van der Waals surface area contributed by atoms with Crippen LogP contribution in [0.4, 0.5) is 0 Å². The third-order valence-corrected chi connectivity index (χ3v) is 5.11. The van der Waals surface area contributed by atoms with E-state index in [1.807, 2.05) is 23.1 Å². The molecule has 3 rings (SSSR count). The van der Waals surface area contributed by atoms with Crippen molar-refractivity contribution >= 4 is 21.8 Å². The van der Waals surface area contributed by atoms with Crippen molar-refractivity contribution in [3.8, 4) is 5.75 Å². The third-order valence-electron chi connectivity index (χ3n) is 4.42. The summed E-state index contributed by atoms with van der Waals surface area (Å²) in [5, 5.41) is 3.39. The molecule has 0 bridgehead atoms. The van der Waals surface area contributed by atoms with E-state index in [0.717, 1.165) is 24.0 Å². The van der Waals surface area contributed by atoms with Crippen LogP contribution >= 0.6 is 15.9 Å². The fourth-order valence-electron chi connectivity index (χ4n) is 3.45. The van der Waals surface area contributed by atoms with Gasteiger partial charge in [-0.2, -0.15) is 0 Å². The SMILES string of the molecule is COc1ccc(Br)c(C(=O)N2C(C)CC3CNCC32)c1. The summed E-state index contributed by atoms with van der Waals surface area (Å²) in [6.45, 7) is 4.07. The molecule has 0 spiro atoms. The number of carbonyl (C=O) groups excluding carboxylic acids is 1. The van der Waals surface area contributed by atoms with Crippen LogP contribution in [0.3, 0.4) is 0 Å². The van der Waals surface area contributed by atoms with Gasteiger partial charge in [-0.15, -0.1) is 0 Å². The van der Waals surface area contributed by atoms with Crippen molar-refractivity contribution < 1.29 is 9.53 Å². The summed E-state index contributed by atoms with van der Waals surface area (Å²) >= 11 is 3.48. The zero-order valence-electron chi connectivity index (χ0n) is 11.7. The highest BCUT2D eigenvalue weighted by Crippen LogP contribution is 2.35. The molecule has 0 aromatic heterocycles. The number of benzene rings is 1. The molecule has 1 aromatic rings. The van der Waals surface area contributed by atoms with Crippen molar-refractivity contribution in [1.82, 2.24) is 10.2 Å². The number of likely N-dealkylation sites (tertiary alicyclic amines) is 1. The van der Waals surface area contributed by atoms with Crippen LogP contribution < -0.4 is 10.1 Å². The van der Waals surface area contributed by atoms with Crippen LogP contribution in [0, 0.1) is 5.92 Å². The molecule has 2 saturated heterocycles. The molecule has 2 aliphatic heterocycles. The Morgan fingerprint density at radius 1 is 1.45 bits per heavy atom. The van der Waals surface area contributed by atoms with E-state index < -0.39 is 0 Å². The number of methoxy groups -OCH3 is 1. The van der Waals surface area contributed by atoms with Crippen molar-refractivity contribution in [2.24, 2.45) is 5.92 Å². The van der Waals surface area contributed by atoms with Gasteiger partial charge in [-0.1, -0.05) is 0 Å². The lowest BCUT2D eigenvalue weighted by Crippen LogP contribution is -2.42. The zero-order valence-corrected chi connectivity index (χ0v) is 13.3. The molecule has 0 radical (unpaired) electrons. The molecule has 3 unspecified atom stereocenters. The first-order chi connectivity index (χ1) is 9.61. The molecular formula is C15H19BrN2O2. The van der Waals surface area contributed by atoms with Crippen LogP contribution in [0.25, 0.3) is 0 Å². The minimum absolute atomic E-state index is 0.0967. The van der Waals surface area contributed by atoms with Gasteiger partial charge in [0.15, 0.2) is 0 Å². The smallest absolute Gasteiger partial charge is 0.255 e. The number of fused-ring (bicyclic) bond motifs is 1. The van der Waals surface area contributed by atoms with Crippen LogP contribution in [0.2, 0.25) is 0 Å². The van der Waals surface area contributed by atoms with Crippen LogP contribution in [-0.2, 0) is 0 Å². The van der Waals surface area contributed by atoms with Gasteiger partial charge in [-0.05, 0) is 53.4 Å². The summed E-state index contributed by atoms with van der Waals surface area (Å²) in [6, 6.07) is 6.17. The molecule has 1 aromatic carbocycles. The number of hydrogen-bond acceptors (Lipinski definition) is 3. The first-order valence-corrected chi connectivity index (χ1v) is 7.78. The number of rotatable bonds is 2. The predicted molar refractivity (Wildman–Crippen MR) is 81.1 cm³/mol. The molecule has 2 heterocycles. The molecule has 2 aliphatic rings. The van der Waals surface area contributed by atoms with E-state index in [0.29, 0.717) is 29.3 Å². The summed E-state index contributed by atoms with van der Waals surface area (Å²) in [7, 11) is 1.62. The number of ether oxygens (including phenoxy) is 1. The highest BCUT2D eigenvalue weighted by atomic mass is 79.9. The van der Waals surface area contributed by atoms with E-state index in [2.05, 4.69) is 28.2 Å². The van der Waals surface area contributed by atoms with Crippen LogP contribution in [0.5, 0.6) is 5.75 Å². The lowest BCUT2D eigenvalue weighted by Gasteiger charge is -2.28. The van der Waals surface area contributed by atoms with Gasteiger partial charge < -0.3 is 15.0 Å². The van der Waals surface area contributed by atoms with Crippen LogP contribution in [-0.4, -0.2) is 43.1 Å². The second-order valence-electron chi connectivity index (χ2n) is 5.63. The van der Waals surface area contributed by atoms with Gasteiger partial charge in [0.1, 0.15) is 5.75 Å². The van der Waals surface area contributed by atoms with Gasteiger partial charge in [0.05, 0.1) is 12.7 Å². The maximum atomic E-state index is 12.9. The number of carbonyl (C=O) groups is 1. The van der Waals surface area contributed by atoms with Crippen molar-refractivity contribution in [3.05, 3.63) is 28.2 Å². The normalized spacial score (nSPS) is 28.6. The Morgan fingerprint density at radius 2 is 2.25 bits per heavy atom. The summed E-state index contributed by atoms with van der Waals surface area (Å²) in [4.78, 5) is 14.9. The van der Waals surface area contributed by atoms with E-state index in [-0.39, 0.29) is 5.91 Å². The van der Waals surface area contributed by atoms with Gasteiger partial charge in [0.25, 0.3) is 5.91 Å². The Kier molecular flexibility index (Phi) is 3.73. The molecule has 1 N–H and O–H groups in total. The molecule has 2 fully saturated rings. The van der Waals surface area contributed by atoms with Crippen molar-refractivity contribution in [2.45, 2.75) is 25.4 Å². The Balaban J connectivity index is 1.92. The number of halogens is 1. The Morgan fingerprint density at radius 3 is 3.00 bits per heavy atom. The van der Waals surface area contributed by atoms with E-state index in [1.54, 1.807) is 7.11 Å². The Hall–Kier alpha value is -1.07. The predicted octanol–water partition coefficient (Wildman–Crippen LogP) is 2.28. The standard InChI is InChI=1S/C15H19BrN2O2/c1-9-5-10-7-17-8-14(10)18(9)15(19)12-6-11(20-2)3-4-13(12)16/h3-4,6,9-10,14,17H,5,7-8H2,1-2H3. The molecule has 0 aliphatic carbocycles. The molecule has 5 heteroatoms. The van der Waals surface area contributed by atoms with Crippen molar-refractivity contribution in [3.63, 3.8) is 0 Å². The second-order valence-corrected chi connectivity index (χ2v) is 6.48. The fraction of sp³-hybridized carbons (Fsp3) is 0.533. The van der Waals surface area contributed by atoms with Gasteiger partial charge >= 0.3 is 0 Å². The summed E-state index contributed by atoms with van der Waals surface area (Å²) in [5.41, 5.74) is 0.684. The van der Waals surface area contributed by atoms with Crippen LogP contribution in [0.1, 0.15) is 23.7 Å². The molecule has 20 heavy (non-hydrogen) atoms. The number of amides is 1. The van der Waals surface area contributed by atoms with Crippen molar-refractivity contribution in [1.29, 1.82) is 0 Å². The van der Waals surface area contributed by atoms with Crippen LogP contribution in [0.15, 0.2) is 22.7 Å². The lowest BCUT2D eigenvalue weighted by molar-refractivity contribution is 0.0681. The minimum atomic E-state index is 0.0967. The fourth-order valence-corrected chi connectivity index (χ4v) is 3.87. The van der Waals surface area contributed by atoms with E-state index >= 15 is 0 Å². The van der Waals surface area contributed by atoms with Gasteiger partial charge in [0.2, 0.25) is 0 Å². The van der Waals surface area contributed by atoms with Crippen molar-refractivity contribution in [2.75, 3.05) is 20.2 Å². The first kappa shape index (κ1) is 13.9. The molecule has 4 nitrogen and oxygen atoms in total. The lowest BCUT2D eigenvalue weighted by atomic mass is 10.0. The highest BCUT2D eigenvalue weighted by Gasteiger charge is 2.44.